The summed E-state index contributed by atoms with van der Waals surface area (Å²) in [6, 6.07) is 6.25. The molecule has 1 N–H and O–H groups in total. The molecule has 0 amide bonds. The molecule has 2 rings (SSSR count). The molecule has 1 aromatic rings. The summed E-state index contributed by atoms with van der Waals surface area (Å²) in [4.78, 5) is 11.8. The monoisotopic (exact) mass is 292 g/mol. The van der Waals surface area contributed by atoms with Crippen LogP contribution in [-0.4, -0.2) is 11.1 Å². The Morgan fingerprint density at radius 1 is 1.29 bits per heavy atom. The number of carboxylic acid groups (broad SMARTS) is 1. The second-order valence-electron chi connectivity index (χ2n) is 6.47. The molecule has 116 valence electrons. The van der Waals surface area contributed by atoms with Crippen LogP contribution in [0.5, 0.6) is 0 Å². The maximum Gasteiger partial charge on any atom is 0.309 e. The van der Waals surface area contributed by atoms with Crippen LogP contribution in [0, 0.1) is 17.2 Å². The Hall–Kier alpha value is -1.38. The summed E-state index contributed by atoms with van der Waals surface area (Å²) in [5.41, 5.74) is 0.270. The summed E-state index contributed by atoms with van der Waals surface area (Å²) in [6.07, 6.45) is 7.69. The molecule has 3 heteroatoms. The van der Waals surface area contributed by atoms with Crippen molar-refractivity contribution >= 4 is 5.97 Å². The van der Waals surface area contributed by atoms with E-state index in [9.17, 15) is 14.3 Å². The number of benzene rings is 1. The summed E-state index contributed by atoms with van der Waals surface area (Å²) in [5, 5.41) is 9.69. The molecule has 0 aromatic heterocycles. The van der Waals surface area contributed by atoms with Gasteiger partial charge in [-0.1, -0.05) is 38.3 Å². The lowest BCUT2D eigenvalue weighted by molar-refractivity contribution is -0.151. The lowest BCUT2D eigenvalue weighted by Gasteiger charge is -2.37. The highest BCUT2D eigenvalue weighted by atomic mass is 19.1. The summed E-state index contributed by atoms with van der Waals surface area (Å²) < 4.78 is 13.0. The van der Waals surface area contributed by atoms with Gasteiger partial charge in [0.2, 0.25) is 0 Å². The Balaban J connectivity index is 2.02. The molecule has 0 saturated heterocycles. The van der Waals surface area contributed by atoms with Crippen molar-refractivity contribution in [3.05, 3.63) is 35.6 Å². The molecule has 0 spiro atoms. The third kappa shape index (κ3) is 4.05. The average molecular weight is 292 g/mol. The van der Waals surface area contributed by atoms with Crippen LogP contribution < -0.4 is 0 Å². The van der Waals surface area contributed by atoms with Crippen LogP contribution in [0.3, 0.4) is 0 Å². The first-order valence-electron chi connectivity index (χ1n) is 8.03. The van der Waals surface area contributed by atoms with Crippen molar-refractivity contribution in [2.45, 2.75) is 58.3 Å². The van der Waals surface area contributed by atoms with E-state index in [4.69, 9.17) is 0 Å². The molecular formula is C18H25FO2. The van der Waals surface area contributed by atoms with E-state index in [2.05, 4.69) is 6.92 Å². The van der Waals surface area contributed by atoms with Crippen LogP contribution >= 0.6 is 0 Å². The highest BCUT2D eigenvalue weighted by Gasteiger charge is 2.41. The van der Waals surface area contributed by atoms with Gasteiger partial charge in [0.25, 0.3) is 0 Å². The molecule has 1 fully saturated rings. The largest absolute Gasteiger partial charge is 0.481 e. The van der Waals surface area contributed by atoms with Gasteiger partial charge < -0.3 is 5.11 Å². The number of carboxylic acids is 1. The second kappa shape index (κ2) is 7.06. The zero-order valence-electron chi connectivity index (χ0n) is 12.8. The van der Waals surface area contributed by atoms with Crippen LogP contribution in [0.15, 0.2) is 24.3 Å². The van der Waals surface area contributed by atoms with Gasteiger partial charge in [0.15, 0.2) is 0 Å². The van der Waals surface area contributed by atoms with Gasteiger partial charge in [-0.05, 0) is 55.7 Å². The van der Waals surface area contributed by atoms with Gasteiger partial charge >= 0.3 is 5.97 Å². The van der Waals surface area contributed by atoms with E-state index in [0.717, 1.165) is 31.2 Å². The average Bonchev–Trinajstić information content (AvgIpc) is 2.49. The Morgan fingerprint density at radius 3 is 2.43 bits per heavy atom. The molecule has 0 heterocycles. The van der Waals surface area contributed by atoms with Gasteiger partial charge in [0.05, 0.1) is 5.41 Å². The first kappa shape index (κ1) is 16.0. The highest BCUT2D eigenvalue weighted by Crippen LogP contribution is 2.43. The molecule has 1 aliphatic rings. The molecule has 0 aliphatic heterocycles. The fourth-order valence-corrected chi connectivity index (χ4v) is 3.47. The van der Waals surface area contributed by atoms with E-state index in [0.29, 0.717) is 12.3 Å². The number of unbranched alkanes of at least 4 members (excludes halogenated alkanes) is 1. The fraction of sp³-hybridized carbons (Fsp3) is 0.611. The Bertz CT molecular complexity index is 459. The third-order valence-corrected chi connectivity index (χ3v) is 4.94. The topological polar surface area (TPSA) is 37.3 Å². The van der Waals surface area contributed by atoms with Gasteiger partial charge in [-0.2, -0.15) is 0 Å². The van der Waals surface area contributed by atoms with Crippen LogP contribution in [0.1, 0.15) is 57.4 Å². The number of hydrogen-bond donors (Lipinski definition) is 1. The summed E-state index contributed by atoms with van der Waals surface area (Å²) in [6.45, 7) is 2.19. The van der Waals surface area contributed by atoms with Crippen molar-refractivity contribution in [2.24, 2.45) is 11.3 Å². The van der Waals surface area contributed by atoms with Crippen molar-refractivity contribution in [1.29, 1.82) is 0 Å². The number of rotatable bonds is 6. The molecule has 2 nitrogen and oxygen atoms in total. The Morgan fingerprint density at radius 2 is 1.90 bits per heavy atom. The van der Waals surface area contributed by atoms with Gasteiger partial charge in [0, 0.05) is 0 Å². The fourth-order valence-electron chi connectivity index (χ4n) is 3.47. The molecule has 0 atom stereocenters. The zero-order valence-corrected chi connectivity index (χ0v) is 12.8. The van der Waals surface area contributed by atoms with Crippen LogP contribution in [0.2, 0.25) is 0 Å². The van der Waals surface area contributed by atoms with Gasteiger partial charge in [0.1, 0.15) is 5.82 Å². The van der Waals surface area contributed by atoms with Crippen LogP contribution in [0.25, 0.3) is 0 Å². The van der Waals surface area contributed by atoms with E-state index in [1.54, 1.807) is 12.1 Å². The van der Waals surface area contributed by atoms with E-state index < -0.39 is 11.4 Å². The second-order valence-corrected chi connectivity index (χ2v) is 6.47. The van der Waals surface area contributed by atoms with Crippen LogP contribution in [-0.2, 0) is 11.2 Å². The number of carbonyl (C=O) groups is 1. The number of hydrogen-bond acceptors (Lipinski definition) is 1. The SMILES string of the molecule is CCCCC1CCC(Cc2ccc(F)cc2)(C(=O)O)CC1. The Labute approximate surface area is 126 Å². The lowest BCUT2D eigenvalue weighted by atomic mass is 9.66. The normalized spacial score (nSPS) is 25.7. The quantitative estimate of drug-likeness (QED) is 0.816. The van der Waals surface area contributed by atoms with Crippen LogP contribution in [0.4, 0.5) is 4.39 Å². The summed E-state index contributed by atoms with van der Waals surface area (Å²) in [5.74, 6) is -0.280. The predicted molar refractivity (Wildman–Crippen MR) is 81.7 cm³/mol. The van der Waals surface area contributed by atoms with E-state index >= 15 is 0 Å². The highest BCUT2D eigenvalue weighted by molar-refractivity contribution is 5.75. The molecule has 0 bridgehead atoms. The third-order valence-electron chi connectivity index (χ3n) is 4.94. The van der Waals surface area contributed by atoms with Gasteiger partial charge in [-0.15, -0.1) is 0 Å². The van der Waals surface area contributed by atoms with Crippen molar-refractivity contribution in [1.82, 2.24) is 0 Å². The summed E-state index contributed by atoms with van der Waals surface area (Å²) in [7, 11) is 0. The zero-order chi connectivity index (χ0) is 15.3. The van der Waals surface area contributed by atoms with Gasteiger partial charge in [-0.3, -0.25) is 4.79 Å². The Kier molecular flexibility index (Phi) is 5.38. The molecule has 1 aliphatic carbocycles. The molecule has 0 unspecified atom stereocenters. The predicted octanol–water partition coefficient (Wildman–Crippen LogP) is 4.82. The number of aliphatic carboxylic acids is 1. The number of halogens is 1. The summed E-state index contributed by atoms with van der Waals surface area (Å²) >= 11 is 0. The van der Waals surface area contributed by atoms with Crippen molar-refractivity contribution in [3.63, 3.8) is 0 Å². The van der Waals surface area contributed by atoms with E-state index in [1.807, 2.05) is 0 Å². The van der Waals surface area contributed by atoms with Crippen molar-refractivity contribution < 1.29 is 14.3 Å². The molecule has 0 radical (unpaired) electrons. The smallest absolute Gasteiger partial charge is 0.309 e. The maximum atomic E-state index is 13.0. The molecule has 21 heavy (non-hydrogen) atoms. The molecule has 1 aromatic carbocycles. The minimum absolute atomic E-state index is 0.272. The minimum atomic E-state index is -0.694. The molecular weight excluding hydrogens is 267 g/mol. The van der Waals surface area contributed by atoms with Gasteiger partial charge in [-0.25, -0.2) is 4.39 Å². The van der Waals surface area contributed by atoms with E-state index in [-0.39, 0.29) is 5.82 Å². The first-order valence-corrected chi connectivity index (χ1v) is 8.03. The van der Waals surface area contributed by atoms with Crippen molar-refractivity contribution in [2.75, 3.05) is 0 Å². The first-order chi connectivity index (χ1) is 10.1. The lowest BCUT2D eigenvalue weighted by Crippen LogP contribution is -2.37. The maximum absolute atomic E-state index is 13.0. The minimum Gasteiger partial charge on any atom is -0.481 e. The van der Waals surface area contributed by atoms with Crippen molar-refractivity contribution in [3.8, 4) is 0 Å². The molecule has 1 saturated carbocycles. The standard InChI is InChI=1S/C18H25FO2/c1-2-3-4-14-9-11-18(12-10-14,17(20)21)13-15-5-7-16(19)8-6-15/h5-8,14H,2-4,9-13H2,1H3,(H,20,21). The van der Waals surface area contributed by atoms with E-state index in [1.165, 1.54) is 31.4 Å².